The number of nitrogens with one attached hydrogen (secondary N) is 1. The molecular weight excluding hydrogens is 342 g/mol. The van der Waals surface area contributed by atoms with E-state index in [-0.39, 0.29) is 16.3 Å². The van der Waals surface area contributed by atoms with Crippen molar-refractivity contribution in [3.63, 3.8) is 0 Å². The third kappa shape index (κ3) is 3.08. The summed E-state index contributed by atoms with van der Waals surface area (Å²) in [6.45, 7) is 3.70. The average Bonchev–Trinajstić information content (AvgIpc) is 2.91. The van der Waals surface area contributed by atoms with Gasteiger partial charge in [-0.1, -0.05) is 6.07 Å². The maximum Gasteiger partial charge on any atom is 0.337 e. The molecule has 2 heterocycles. The quantitative estimate of drug-likeness (QED) is 0.723. The predicted molar refractivity (Wildman–Crippen MR) is 93.3 cm³/mol. The van der Waals surface area contributed by atoms with Gasteiger partial charge in [-0.15, -0.1) is 0 Å². The molecule has 0 spiro atoms. The Morgan fingerprint density at radius 3 is 2.44 bits per heavy atom. The van der Waals surface area contributed by atoms with Gasteiger partial charge in [0.1, 0.15) is 5.65 Å². The number of carbonyl (C=O) groups is 1. The Balaban J connectivity index is 1.95. The van der Waals surface area contributed by atoms with Gasteiger partial charge < -0.3 is 9.14 Å². The molecule has 130 valence electrons. The van der Waals surface area contributed by atoms with Crippen LogP contribution >= 0.6 is 0 Å². The monoisotopic (exact) mass is 359 g/mol. The fraction of sp³-hybridized carbons (Fsp3) is 0.176. The molecule has 0 radical (unpaired) electrons. The number of esters is 1. The zero-order valence-electron chi connectivity index (χ0n) is 14.0. The number of ether oxygens (including phenoxy) is 1. The summed E-state index contributed by atoms with van der Waals surface area (Å²) in [5, 5.41) is 0. The molecule has 7 nitrogen and oxygen atoms in total. The van der Waals surface area contributed by atoms with Crippen LogP contribution in [0.25, 0.3) is 5.65 Å². The van der Waals surface area contributed by atoms with Crippen molar-refractivity contribution in [2.75, 3.05) is 11.8 Å². The Bertz CT molecular complexity index is 1050. The molecule has 0 bridgehead atoms. The Morgan fingerprint density at radius 2 is 1.84 bits per heavy atom. The number of carbonyl (C=O) groups excluding carboxylic acids is 1. The van der Waals surface area contributed by atoms with Gasteiger partial charge in [0.15, 0.2) is 5.82 Å². The molecule has 0 unspecified atom stereocenters. The first-order valence-corrected chi connectivity index (χ1v) is 8.97. The highest BCUT2D eigenvalue weighted by Crippen LogP contribution is 2.22. The maximum absolute atomic E-state index is 12.6. The minimum absolute atomic E-state index is 0.0355. The number of pyridine rings is 1. The van der Waals surface area contributed by atoms with Crippen LogP contribution in [0.2, 0.25) is 0 Å². The van der Waals surface area contributed by atoms with E-state index in [1.165, 1.54) is 31.4 Å². The lowest BCUT2D eigenvalue weighted by molar-refractivity contribution is 0.0600. The lowest BCUT2D eigenvalue weighted by Crippen LogP contribution is -2.14. The van der Waals surface area contributed by atoms with E-state index >= 15 is 0 Å². The van der Waals surface area contributed by atoms with Gasteiger partial charge in [-0.2, -0.15) is 0 Å². The molecule has 25 heavy (non-hydrogen) atoms. The molecule has 8 heteroatoms. The number of hydrogen-bond acceptors (Lipinski definition) is 5. The normalized spacial score (nSPS) is 11.5. The van der Waals surface area contributed by atoms with Crippen molar-refractivity contribution in [3.8, 4) is 0 Å². The highest BCUT2D eigenvalue weighted by Gasteiger charge is 2.19. The van der Waals surface area contributed by atoms with Gasteiger partial charge in [-0.05, 0) is 49.7 Å². The van der Waals surface area contributed by atoms with E-state index in [0.717, 1.165) is 5.56 Å². The first kappa shape index (κ1) is 17.0. The molecule has 3 aromatic rings. The number of sulfonamides is 1. The summed E-state index contributed by atoms with van der Waals surface area (Å²) in [6, 6.07) is 9.30. The minimum Gasteiger partial charge on any atom is -0.465 e. The topological polar surface area (TPSA) is 89.8 Å². The number of nitrogens with zero attached hydrogens (tertiary/aromatic N) is 2. The van der Waals surface area contributed by atoms with Gasteiger partial charge in [0.05, 0.1) is 23.3 Å². The van der Waals surface area contributed by atoms with E-state index in [9.17, 15) is 13.2 Å². The number of fused-ring (bicyclic) bond motifs is 1. The smallest absolute Gasteiger partial charge is 0.337 e. The van der Waals surface area contributed by atoms with Crippen LogP contribution in [0.4, 0.5) is 5.82 Å². The molecular formula is C17H17N3O4S. The van der Waals surface area contributed by atoms with E-state index < -0.39 is 16.0 Å². The van der Waals surface area contributed by atoms with Gasteiger partial charge in [-0.3, -0.25) is 4.72 Å². The molecule has 0 amide bonds. The van der Waals surface area contributed by atoms with Crippen LogP contribution in [-0.2, 0) is 14.8 Å². The van der Waals surface area contributed by atoms with Crippen LogP contribution in [0.5, 0.6) is 0 Å². The molecule has 2 aromatic heterocycles. The summed E-state index contributed by atoms with van der Waals surface area (Å²) in [7, 11) is -2.56. The average molecular weight is 359 g/mol. The van der Waals surface area contributed by atoms with Gasteiger partial charge in [0, 0.05) is 6.20 Å². The second-order valence-corrected chi connectivity index (χ2v) is 7.23. The molecule has 0 aliphatic heterocycles. The van der Waals surface area contributed by atoms with Gasteiger partial charge in [-0.25, -0.2) is 18.2 Å². The molecule has 0 saturated heterocycles. The van der Waals surface area contributed by atoms with Crippen molar-refractivity contribution in [1.82, 2.24) is 9.38 Å². The molecule has 0 fully saturated rings. The summed E-state index contributed by atoms with van der Waals surface area (Å²) in [6.07, 6.45) is 1.83. The third-order valence-corrected chi connectivity index (χ3v) is 5.26. The summed E-state index contributed by atoms with van der Waals surface area (Å²) < 4.78 is 34.1. The number of rotatable bonds is 4. The van der Waals surface area contributed by atoms with Gasteiger partial charge >= 0.3 is 5.97 Å². The molecule has 1 aromatic carbocycles. The van der Waals surface area contributed by atoms with Crippen LogP contribution in [0.3, 0.4) is 0 Å². The molecule has 3 rings (SSSR count). The minimum atomic E-state index is -3.82. The van der Waals surface area contributed by atoms with E-state index in [0.29, 0.717) is 11.3 Å². The Morgan fingerprint density at radius 1 is 1.16 bits per heavy atom. The Kier molecular flexibility index (Phi) is 4.22. The fourth-order valence-electron chi connectivity index (χ4n) is 2.49. The predicted octanol–water partition coefficient (Wildman–Crippen LogP) is 2.54. The SMILES string of the molecule is COC(=O)c1ccc(S(=O)(=O)Nc2nc3c(C)cccn3c2C)cc1. The van der Waals surface area contributed by atoms with Crippen LogP contribution in [0.1, 0.15) is 21.6 Å². The van der Waals surface area contributed by atoms with Crippen LogP contribution in [-0.4, -0.2) is 30.9 Å². The second kappa shape index (κ2) is 6.21. The van der Waals surface area contributed by atoms with Crippen LogP contribution in [0, 0.1) is 13.8 Å². The van der Waals surface area contributed by atoms with E-state index in [2.05, 4.69) is 14.4 Å². The molecule has 0 saturated carbocycles. The van der Waals surface area contributed by atoms with Crippen molar-refractivity contribution in [2.24, 2.45) is 0 Å². The summed E-state index contributed by atoms with van der Waals surface area (Å²) in [5.74, 6) is -0.255. The third-order valence-electron chi connectivity index (χ3n) is 3.90. The van der Waals surface area contributed by atoms with Gasteiger partial charge in [0.2, 0.25) is 0 Å². The highest BCUT2D eigenvalue weighted by molar-refractivity contribution is 7.92. The van der Waals surface area contributed by atoms with Crippen molar-refractivity contribution in [3.05, 3.63) is 59.4 Å². The lowest BCUT2D eigenvalue weighted by atomic mass is 10.2. The number of methoxy groups -OCH3 is 1. The second-order valence-electron chi connectivity index (χ2n) is 5.55. The maximum atomic E-state index is 12.6. The fourth-order valence-corrected chi connectivity index (χ4v) is 3.55. The number of anilines is 1. The first-order chi connectivity index (χ1) is 11.8. The molecule has 0 aliphatic rings. The lowest BCUT2D eigenvalue weighted by Gasteiger charge is -2.07. The van der Waals surface area contributed by atoms with E-state index in [4.69, 9.17) is 0 Å². The number of imidazole rings is 1. The summed E-state index contributed by atoms with van der Waals surface area (Å²) >= 11 is 0. The zero-order valence-corrected chi connectivity index (χ0v) is 14.8. The molecule has 0 atom stereocenters. The standard InChI is InChI=1S/C17H17N3O4S/c1-11-5-4-10-20-12(2)15(18-16(11)20)19-25(22,23)14-8-6-13(7-9-14)17(21)24-3/h4-10,19H,1-3H3. The van der Waals surface area contributed by atoms with Crippen molar-refractivity contribution in [2.45, 2.75) is 18.7 Å². The van der Waals surface area contributed by atoms with Crippen molar-refractivity contribution < 1.29 is 17.9 Å². The summed E-state index contributed by atoms with van der Waals surface area (Å²) in [4.78, 5) is 15.9. The van der Waals surface area contributed by atoms with Gasteiger partial charge in [0.25, 0.3) is 10.0 Å². The number of hydrogen-bond donors (Lipinski definition) is 1. The van der Waals surface area contributed by atoms with Crippen LogP contribution < -0.4 is 4.72 Å². The molecule has 1 N–H and O–H groups in total. The van der Waals surface area contributed by atoms with Crippen molar-refractivity contribution >= 4 is 27.5 Å². The van der Waals surface area contributed by atoms with Crippen molar-refractivity contribution in [1.29, 1.82) is 0 Å². The number of benzene rings is 1. The Hall–Kier alpha value is -2.87. The Labute approximate surface area is 145 Å². The van der Waals surface area contributed by atoms with E-state index in [1.54, 1.807) is 6.92 Å². The first-order valence-electron chi connectivity index (χ1n) is 7.49. The molecule has 0 aliphatic carbocycles. The zero-order chi connectivity index (χ0) is 18.2. The van der Waals surface area contributed by atoms with E-state index in [1.807, 2.05) is 29.7 Å². The van der Waals surface area contributed by atoms with Crippen LogP contribution in [0.15, 0.2) is 47.5 Å². The summed E-state index contributed by atoms with van der Waals surface area (Å²) in [5.41, 5.74) is 2.60. The largest absolute Gasteiger partial charge is 0.465 e. The number of aromatic nitrogens is 2. The number of aryl methyl sites for hydroxylation is 2. The highest BCUT2D eigenvalue weighted by atomic mass is 32.2.